The second kappa shape index (κ2) is 11.8. The number of nitrogens with zero attached hydrogens (tertiary/aromatic N) is 4. The van der Waals surface area contributed by atoms with Crippen LogP contribution in [-0.4, -0.2) is 66.8 Å². The summed E-state index contributed by atoms with van der Waals surface area (Å²) in [6, 6.07) is 7.46. The molecule has 222 valence electrons. The summed E-state index contributed by atoms with van der Waals surface area (Å²) < 4.78 is 33.9. The number of amides is 1. The van der Waals surface area contributed by atoms with Gasteiger partial charge in [-0.3, -0.25) is 19.1 Å². The van der Waals surface area contributed by atoms with Gasteiger partial charge in [0.1, 0.15) is 18.2 Å². The monoisotopic (exact) mass is 629 g/mol. The van der Waals surface area contributed by atoms with Crippen LogP contribution in [0.15, 0.2) is 34.4 Å². The van der Waals surface area contributed by atoms with Gasteiger partial charge in [0.25, 0.3) is 11.5 Å². The molecule has 0 spiro atoms. The smallest absolute Gasteiger partial charge is 0.267 e. The highest BCUT2D eigenvalue weighted by Crippen LogP contribution is 2.40. The molecule has 0 saturated carbocycles. The maximum Gasteiger partial charge on any atom is 0.267 e. The molecular weight excluding hydrogens is 598 g/mol. The van der Waals surface area contributed by atoms with Gasteiger partial charge in [-0.1, -0.05) is 11.6 Å². The highest BCUT2D eigenvalue weighted by Gasteiger charge is 2.26. The number of ether oxygens (including phenoxy) is 1. The van der Waals surface area contributed by atoms with Gasteiger partial charge in [0.2, 0.25) is 10.0 Å². The van der Waals surface area contributed by atoms with Crippen molar-refractivity contribution in [2.24, 2.45) is 0 Å². The first-order valence-corrected chi connectivity index (χ1v) is 16.6. The van der Waals surface area contributed by atoms with E-state index in [-0.39, 0.29) is 17.7 Å². The third-order valence-electron chi connectivity index (χ3n) is 7.40. The average Bonchev–Trinajstić information content (AvgIpc) is 3.33. The second-order valence-electron chi connectivity index (χ2n) is 10.7. The van der Waals surface area contributed by atoms with E-state index in [2.05, 4.69) is 9.88 Å². The molecule has 3 aromatic heterocycles. The minimum atomic E-state index is -3.75. The number of aromatic nitrogens is 3. The van der Waals surface area contributed by atoms with E-state index in [4.69, 9.17) is 21.3 Å². The normalized spacial score (nSPS) is 15.2. The number of aryl methyl sites for hydroxylation is 3. The van der Waals surface area contributed by atoms with E-state index < -0.39 is 15.9 Å². The van der Waals surface area contributed by atoms with Crippen molar-refractivity contribution >= 4 is 49.1 Å². The van der Waals surface area contributed by atoms with Gasteiger partial charge in [0.15, 0.2) is 0 Å². The van der Waals surface area contributed by atoms with Crippen LogP contribution in [-0.2, 0) is 29.4 Å². The van der Waals surface area contributed by atoms with Gasteiger partial charge >= 0.3 is 0 Å². The Hall–Kier alpha value is -3.32. The summed E-state index contributed by atoms with van der Waals surface area (Å²) in [5.74, 6) is 0.463. The number of likely N-dealkylation sites (N-methyl/N-ethyl adjacent to an activating group) is 1. The summed E-state index contributed by atoms with van der Waals surface area (Å²) >= 11 is 7.68. The number of pyridine rings is 1. The number of fused-ring (bicyclic) bond motifs is 2. The molecule has 0 fully saturated rings. The minimum Gasteiger partial charge on any atom is -0.491 e. The molecule has 10 nitrogen and oxygen atoms in total. The van der Waals surface area contributed by atoms with Gasteiger partial charge < -0.3 is 9.64 Å². The molecule has 0 radical (unpaired) electrons. The van der Waals surface area contributed by atoms with Gasteiger partial charge in [-0.15, -0.1) is 11.3 Å². The third-order valence-corrected chi connectivity index (χ3v) is 9.20. The maximum absolute atomic E-state index is 13.5. The van der Waals surface area contributed by atoms with E-state index in [9.17, 15) is 18.0 Å². The Labute approximate surface area is 253 Å². The third kappa shape index (κ3) is 6.22. The topological polar surface area (TPSA) is 123 Å². The van der Waals surface area contributed by atoms with Crippen LogP contribution in [0.2, 0.25) is 5.02 Å². The Morgan fingerprint density at radius 1 is 1.21 bits per heavy atom. The molecule has 13 heteroatoms. The van der Waals surface area contributed by atoms with E-state index in [1.165, 1.54) is 11.3 Å². The van der Waals surface area contributed by atoms with Gasteiger partial charge in [-0.25, -0.2) is 18.1 Å². The maximum atomic E-state index is 13.5. The van der Waals surface area contributed by atoms with E-state index in [1.54, 1.807) is 35.1 Å². The van der Waals surface area contributed by atoms with Gasteiger partial charge in [0.05, 0.1) is 34.3 Å². The standard InChI is InChI=1S/C29H32ClN5O5S2/c1-16-12-21(27-26(31-16)23(15-41-27)28(36)33-42(5,38)39)20-13-18(30)6-9-25(20)40-11-10-35-17(2)32-24-8-7-19(34(3)4)14-22(24)29(35)37/h6,9,12-13,15,19H,7-8,10-11,14H2,1-5H3,(H,33,36). The molecule has 5 rings (SSSR count). The Bertz CT molecular complexity index is 1870. The molecule has 1 amide bonds. The van der Waals surface area contributed by atoms with Crippen LogP contribution >= 0.6 is 22.9 Å². The van der Waals surface area contributed by atoms with Crippen molar-refractivity contribution in [1.82, 2.24) is 24.2 Å². The predicted octanol–water partition coefficient (Wildman–Crippen LogP) is 3.98. The number of rotatable bonds is 8. The van der Waals surface area contributed by atoms with Crippen molar-refractivity contribution in [2.45, 2.75) is 45.7 Å². The number of carbonyl (C=O) groups excluding carboxylic acids is 1. The Kier molecular flexibility index (Phi) is 8.44. The predicted molar refractivity (Wildman–Crippen MR) is 165 cm³/mol. The second-order valence-corrected chi connectivity index (χ2v) is 13.8. The fraction of sp³-hybridized carbons (Fsp3) is 0.379. The molecule has 1 aliphatic rings. The first-order valence-electron chi connectivity index (χ1n) is 13.4. The van der Waals surface area contributed by atoms with Crippen molar-refractivity contribution in [2.75, 3.05) is 27.0 Å². The van der Waals surface area contributed by atoms with Crippen LogP contribution < -0.4 is 15.0 Å². The summed E-state index contributed by atoms with van der Waals surface area (Å²) in [6.07, 6.45) is 3.38. The molecular formula is C29H32ClN5O5S2. The van der Waals surface area contributed by atoms with Crippen LogP contribution in [0.25, 0.3) is 21.3 Å². The van der Waals surface area contributed by atoms with Gasteiger partial charge in [-0.2, -0.15) is 0 Å². The van der Waals surface area contributed by atoms with Gasteiger partial charge in [-0.05, 0) is 71.5 Å². The number of halogens is 1. The SMILES string of the molecule is Cc1cc(-c2cc(Cl)ccc2OCCn2c(C)nc3c(c2=O)CC(N(C)C)CC3)c2scc(C(=O)NS(C)(=O)=O)c2n1. The van der Waals surface area contributed by atoms with Gasteiger partial charge in [0, 0.05) is 38.8 Å². The lowest BCUT2D eigenvalue weighted by Gasteiger charge is -2.29. The number of sulfonamides is 1. The lowest BCUT2D eigenvalue weighted by Crippen LogP contribution is -2.39. The van der Waals surface area contributed by atoms with E-state index in [0.29, 0.717) is 57.1 Å². The largest absolute Gasteiger partial charge is 0.491 e. The zero-order chi connectivity index (χ0) is 30.3. The summed E-state index contributed by atoms with van der Waals surface area (Å²) in [5, 5.41) is 2.08. The van der Waals surface area contributed by atoms with Crippen LogP contribution in [0.1, 0.15) is 39.6 Å². The Balaban J connectivity index is 1.45. The molecule has 1 aromatic carbocycles. The molecule has 1 unspecified atom stereocenters. The van der Waals surface area contributed by atoms with Crippen molar-refractivity contribution in [3.05, 3.63) is 73.4 Å². The lowest BCUT2D eigenvalue weighted by molar-refractivity contribution is 0.0983. The zero-order valence-electron chi connectivity index (χ0n) is 24.0. The van der Waals surface area contributed by atoms with Crippen LogP contribution in [0, 0.1) is 13.8 Å². The fourth-order valence-corrected chi connectivity index (χ4v) is 6.96. The van der Waals surface area contributed by atoms with Crippen LogP contribution in [0.5, 0.6) is 5.75 Å². The Morgan fingerprint density at radius 2 is 1.98 bits per heavy atom. The quantitative estimate of drug-likeness (QED) is 0.311. The van der Waals surface area contributed by atoms with Crippen molar-refractivity contribution in [1.29, 1.82) is 0 Å². The molecule has 4 aromatic rings. The minimum absolute atomic E-state index is 0.0195. The van der Waals surface area contributed by atoms with E-state index >= 15 is 0 Å². The lowest BCUT2D eigenvalue weighted by atomic mass is 9.92. The van der Waals surface area contributed by atoms with Crippen LogP contribution in [0.3, 0.4) is 0 Å². The number of carbonyl (C=O) groups is 1. The summed E-state index contributed by atoms with van der Waals surface area (Å²) in [6.45, 7) is 4.17. The zero-order valence-corrected chi connectivity index (χ0v) is 26.4. The van der Waals surface area contributed by atoms with Crippen molar-refractivity contribution in [3.63, 3.8) is 0 Å². The van der Waals surface area contributed by atoms with E-state index in [1.807, 2.05) is 31.8 Å². The Morgan fingerprint density at radius 3 is 2.69 bits per heavy atom. The summed E-state index contributed by atoms with van der Waals surface area (Å²) in [7, 11) is 0.324. The number of nitrogens with one attached hydrogen (secondary N) is 1. The molecule has 42 heavy (non-hydrogen) atoms. The van der Waals surface area contributed by atoms with E-state index in [0.717, 1.165) is 35.9 Å². The van der Waals surface area contributed by atoms with Crippen molar-refractivity contribution in [3.8, 4) is 16.9 Å². The number of benzene rings is 1. The van der Waals surface area contributed by atoms with Crippen molar-refractivity contribution < 1.29 is 17.9 Å². The molecule has 1 aliphatic carbocycles. The molecule has 1 atom stereocenters. The highest BCUT2D eigenvalue weighted by molar-refractivity contribution is 7.89. The van der Waals surface area contributed by atoms with Crippen LogP contribution in [0.4, 0.5) is 0 Å². The molecule has 1 N–H and O–H groups in total. The molecule has 3 heterocycles. The molecule has 0 bridgehead atoms. The highest BCUT2D eigenvalue weighted by atomic mass is 35.5. The number of thiophene rings is 1. The number of hydrogen-bond acceptors (Lipinski definition) is 9. The first kappa shape index (κ1) is 30.1. The molecule has 0 saturated heterocycles. The first-order chi connectivity index (χ1) is 19.8. The average molecular weight is 630 g/mol. The fourth-order valence-electron chi connectivity index (χ4n) is 5.32. The summed E-state index contributed by atoms with van der Waals surface area (Å²) in [4.78, 5) is 37.6. The number of hydrogen-bond donors (Lipinski definition) is 1. The summed E-state index contributed by atoms with van der Waals surface area (Å²) in [5.41, 5.74) is 4.28. The molecule has 0 aliphatic heterocycles.